The summed E-state index contributed by atoms with van der Waals surface area (Å²) < 4.78 is 0. The minimum Gasteiger partial charge on any atom is -0.127 e. The maximum atomic E-state index is 2.61. The van der Waals surface area contributed by atoms with Crippen LogP contribution >= 0.6 is 23.5 Å². The van der Waals surface area contributed by atoms with Crippen LogP contribution in [-0.4, -0.2) is 10.5 Å². The van der Waals surface area contributed by atoms with Gasteiger partial charge in [-0.2, -0.15) is 0 Å². The van der Waals surface area contributed by atoms with E-state index in [4.69, 9.17) is 0 Å². The molecule has 0 aromatic carbocycles. The van der Waals surface area contributed by atoms with E-state index in [9.17, 15) is 0 Å². The Balaban J connectivity index is 1.68. The van der Waals surface area contributed by atoms with Crippen LogP contribution < -0.4 is 0 Å². The molecule has 2 fully saturated rings. The molecular formula is C19H28S2. The van der Waals surface area contributed by atoms with Crippen molar-refractivity contribution in [2.75, 3.05) is 0 Å². The molecule has 0 aromatic heterocycles. The number of rotatable bonds is 2. The summed E-state index contributed by atoms with van der Waals surface area (Å²) in [6.07, 6.45) is 11.1. The average Bonchev–Trinajstić information content (AvgIpc) is 3.10. The second kappa shape index (κ2) is 5.09. The third-order valence-corrected chi connectivity index (χ3v) is 9.45. The van der Waals surface area contributed by atoms with Crippen molar-refractivity contribution in [1.29, 1.82) is 0 Å². The molecule has 0 nitrogen and oxygen atoms in total. The number of fused-ring (bicyclic) bond motifs is 3. The molecule has 2 aliphatic carbocycles. The number of hydrogen-bond donors (Lipinski definition) is 0. The van der Waals surface area contributed by atoms with Gasteiger partial charge < -0.3 is 0 Å². The van der Waals surface area contributed by atoms with Gasteiger partial charge in [-0.05, 0) is 65.6 Å². The summed E-state index contributed by atoms with van der Waals surface area (Å²) in [6, 6.07) is 0. The van der Waals surface area contributed by atoms with E-state index in [2.05, 4.69) is 63.4 Å². The smallest absolute Gasteiger partial charge is 0.0204 e. The van der Waals surface area contributed by atoms with Crippen molar-refractivity contribution in [1.82, 2.24) is 0 Å². The molecule has 2 aliphatic heterocycles. The Hall–Kier alpha value is 0.180. The molecule has 2 heterocycles. The van der Waals surface area contributed by atoms with E-state index >= 15 is 0 Å². The summed E-state index contributed by atoms with van der Waals surface area (Å²) in [7, 11) is 0. The van der Waals surface area contributed by atoms with Gasteiger partial charge in [-0.15, -0.1) is 23.5 Å². The monoisotopic (exact) mass is 320 g/mol. The van der Waals surface area contributed by atoms with Gasteiger partial charge in [0.05, 0.1) is 0 Å². The van der Waals surface area contributed by atoms with Crippen LogP contribution in [0.15, 0.2) is 22.0 Å². The summed E-state index contributed by atoms with van der Waals surface area (Å²) in [5, 5.41) is 1.71. The molecule has 2 saturated carbocycles. The molecule has 2 heteroatoms. The molecule has 4 unspecified atom stereocenters. The summed E-state index contributed by atoms with van der Waals surface area (Å²) in [6.45, 7) is 9.87. The van der Waals surface area contributed by atoms with Crippen LogP contribution in [0.5, 0.6) is 0 Å². The zero-order valence-corrected chi connectivity index (χ0v) is 15.4. The fraction of sp³-hybridized carbons (Fsp3) is 0.789. The van der Waals surface area contributed by atoms with E-state index in [0.717, 1.165) is 34.2 Å². The Bertz CT molecular complexity index is 464. The summed E-state index contributed by atoms with van der Waals surface area (Å²) >= 11 is 4.41. The number of thioether (sulfide) groups is 2. The minimum absolute atomic E-state index is 0.510. The first-order valence-electron chi connectivity index (χ1n) is 8.68. The highest BCUT2D eigenvalue weighted by Gasteiger charge is 2.59. The minimum atomic E-state index is 0.510. The lowest BCUT2D eigenvalue weighted by atomic mass is 9.67. The first kappa shape index (κ1) is 14.8. The van der Waals surface area contributed by atoms with E-state index in [-0.39, 0.29) is 0 Å². The van der Waals surface area contributed by atoms with Gasteiger partial charge in [0.25, 0.3) is 0 Å². The third kappa shape index (κ3) is 2.19. The summed E-state index contributed by atoms with van der Waals surface area (Å²) in [4.78, 5) is 3.16. The molecule has 0 spiro atoms. The topological polar surface area (TPSA) is 0 Å². The average molecular weight is 321 g/mol. The summed E-state index contributed by atoms with van der Waals surface area (Å²) in [5.74, 6) is 3.48. The van der Waals surface area contributed by atoms with Crippen LogP contribution in [0.3, 0.4) is 0 Å². The molecule has 5 atom stereocenters. The van der Waals surface area contributed by atoms with Crippen LogP contribution in [0, 0.1) is 29.1 Å². The SMILES string of the molecule is CC1=CC2C(S1)C(C(C)(C)C1CCCC1)C1SC(C)=C[C@@H]21. The van der Waals surface area contributed by atoms with Crippen molar-refractivity contribution in [3.63, 3.8) is 0 Å². The molecule has 0 bridgehead atoms. The Labute approximate surface area is 138 Å². The zero-order valence-electron chi connectivity index (χ0n) is 13.8. The fourth-order valence-corrected chi connectivity index (χ4v) is 9.26. The molecule has 4 aliphatic rings. The standard InChI is InChI=1S/C19H28S2/c1-11-9-14-15-10-12(2)21-18(15)16(17(14)20-11)19(3,4)13-7-5-6-8-13/h9-10,13-18H,5-8H2,1-4H3/t14-,15?,16?,17?,18?/m0/s1. The lowest BCUT2D eigenvalue weighted by Gasteiger charge is -2.43. The fourth-order valence-electron chi connectivity index (χ4n) is 5.66. The van der Waals surface area contributed by atoms with Crippen molar-refractivity contribution in [3.05, 3.63) is 22.0 Å². The third-order valence-electron chi connectivity index (χ3n) is 6.68. The maximum Gasteiger partial charge on any atom is 0.0204 e. The van der Waals surface area contributed by atoms with Crippen molar-refractivity contribution in [3.8, 4) is 0 Å². The molecule has 0 amide bonds. The Morgan fingerprint density at radius 3 is 1.86 bits per heavy atom. The number of hydrogen-bond acceptors (Lipinski definition) is 2. The van der Waals surface area contributed by atoms with Crippen molar-refractivity contribution < 1.29 is 0 Å². The maximum absolute atomic E-state index is 2.61. The highest BCUT2D eigenvalue weighted by atomic mass is 32.2. The lowest BCUT2D eigenvalue weighted by Crippen LogP contribution is -2.39. The van der Waals surface area contributed by atoms with E-state index in [1.165, 1.54) is 25.7 Å². The van der Waals surface area contributed by atoms with E-state index in [1.807, 2.05) is 0 Å². The Morgan fingerprint density at radius 2 is 1.38 bits per heavy atom. The van der Waals surface area contributed by atoms with Crippen molar-refractivity contribution in [2.24, 2.45) is 29.1 Å². The van der Waals surface area contributed by atoms with Gasteiger partial charge in [-0.3, -0.25) is 0 Å². The number of allylic oxidation sites excluding steroid dienone is 4. The Morgan fingerprint density at radius 1 is 0.905 bits per heavy atom. The van der Waals surface area contributed by atoms with Gasteiger partial charge in [0.15, 0.2) is 0 Å². The zero-order chi connectivity index (χ0) is 14.8. The molecule has 0 saturated heterocycles. The molecule has 4 rings (SSSR count). The van der Waals surface area contributed by atoms with Crippen molar-refractivity contribution in [2.45, 2.75) is 63.9 Å². The van der Waals surface area contributed by atoms with Gasteiger partial charge in [0.2, 0.25) is 0 Å². The van der Waals surface area contributed by atoms with Gasteiger partial charge in [0, 0.05) is 10.5 Å². The predicted molar refractivity (Wildman–Crippen MR) is 96.5 cm³/mol. The van der Waals surface area contributed by atoms with Crippen LogP contribution in [-0.2, 0) is 0 Å². The van der Waals surface area contributed by atoms with Crippen LogP contribution in [0.4, 0.5) is 0 Å². The van der Waals surface area contributed by atoms with E-state index < -0.39 is 0 Å². The van der Waals surface area contributed by atoms with Crippen LogP contribution in [0.2, 0.25) is 0 Å². The predicted octanol–water partition coefficient (Wildman–Crippen LogP) is 6.10. The van der Waals surface area contributed by atoms with Gasteiger partial charge in [-0.1, -0.05) is 38.8 Å². The largest absolute Gasteiger partial charge is 0.127 e. The second-order valence-electron chi connectivity index (χ2n) is 8.20. The first-order chi connectivity index (χ1) is 9.98. The lowest BCUT2D eigenvalue weighted by molar-refractivity contribution is 0.125. The first-order valence-corrected chi connectivity index (χ1v) is 10.4. The Kier molecular flexibility index (Phi) is 3.58. The molecule has 21 heavy (non-hydrogen) atoms. The van der Waals surface area contributed by atoms with Crippen molar-refractivity contribution >= 4 is 23.5 Å². The van der Waals surface area contributed by atoms with Gasteiger partial charge in [-0.25, -0.2) is 0 Å². The van der Waals surface area contributed by atoms with Gasteiger partial charge in [0.1, 0.15) is 0 Å². The molecule has 0 N–H and O–H groups in total. The normalized spacial score (nSPS) is 43.0. The van der Waals surface area contributed by atoms with Crippen LogP contribution in [0.1, 0.15) is 53.4 Å². The van der Waals surface area contributed by atoms with E-state index in [0.29, 0.717) is 5.41 Å². The van der Waals surface area contributed by atoms with E-state index in [1.54, 1.807) is 9.81 Å². The molecule has 0 radical (unpaired) electrons. The second-order valence-corrected chi connectivity index (χ2v) is 11.1. The molecular weight excluding hydrogens is 292 g/mol. The summed E-state index contributed by atoms with van der Waals surface area (Å²) in [5.41, 5.74) is 0.510. The molecule has 116 valence electrons. The molecule has 0 aromatic rings. The van der Waals surface area contributed by atoms with Crippen LogP contribution in [0.25, 0.3) is 0 Å². The highest BCUT2D eigenvalue weighted by molar-refractivity contribution is 8.05. The quantitative estimate of drug-likeness (QED) is 0.602. The van der Waals surface area contributed by atoms with Gasteiger partial charge >= 0.3 is 0 Å². The highest BCUT2D eigenvalue weighted by Crippen LogP contribution is 2.65.